The topological polar surface area (TPSA) is 157 Å². The fraction of sp³-hybridized carbons (Fsp3) is 0.381. The number of nitrogens with zero attached hydrogens (tertiary/aromatic N) is 5. The summed E-state index contributed by atoms with van der Waals surface area (Å²) in [6, 6.07) is 23.1. The summed E-state index contributed by atoms with van der Waals surface area (Å²) in [6.07, 6.45) is 10.7. The first kappa shape index (κ1) is 44.0. The third-order valence-corrected chi connectivity index (χ3v) is 9.85. The van der Waals surface area contributed by atoms with Crippen LogP contribution in [0.3, 0.4) is 0 Å². The van der Waals surface area contributed by atoms with E-state index in [0.29, 0.717) is 37.5 Å². The first-order chi connectivity index (χ1) is 26.1. The van der Waals surface area contributed by atoms with Crippen LogP contribution in [-0.4, -0.2) is 89.9 Å². The van der Waals surface area contributed by atoms with Gasteiger partial charge < -0.3 is 25.0 Å². The molecule has 2 saturated heterocycles. The van der Waals surface area contributed by atoms with Gasteiger partial charge in [0.25, 0.3) is 0 Å². The molecule has 0 bridgehead atoms. The lowest BCUT2D eigenvalue weighted by Crippen LogP contribution is -2.48. The minimum atomic E-state index is 0. The van der Waals surface area contributed by atoms with Gasteiger partial charge in [-0.25, -0.2) is 4.79 Å². The second-order valence-electron chi connectivity index (χ2n) is 13.4. The van der Waals surface area contributed by atoms with Crippen LogP contribution in [0.15, 0.2) is 103 Å². The predicted octanol–water partition coefficient (Wildman–Crippen LogP) is 6.07. The quantitative estimate of drug-likeness (QED) is 0.158. The Bertz CT molecular complexity index is 1830. The molecule has 2 aromatic carbocycles. The highest BCUT2D eigenvalue weighted by Gasteiger charge is 2.33. The molecular weight excluding hydrogens is 720 g/mol. The van der Waals surface area contributed by atoms with Crippen LogP contribution in [-0.2, 0) is 25.6 Å². The van der Waals surface area contributed by atoms with Crippen LogP contribution in [0.2, 0.25) is 0 Å². The average Bonchev–Trinajstić information content (AvgIpc) is 3.19. The number of carbonyl (C=O) groups excluding carboxylic acids is 4. The molecule has 2 amide bonds. The number of carbonyl (C=O) groups is 3. The maximum Gasteiger partial charge on any atom is 0.240 e. The molecule has 4 atom stereocenters. The van der Waals surface area contributed by atoms with Gasteiger partial charge in [-0.3, -0.25) is 24.4 Å². The van der Waals surface area contributed by atoms with Crippen molar-refractivity contribution < 1.29 is 28.7 Å². The zero-order valence-electron chi connectivity index (χ0n) is 31.9. The molecule has 55 heavy (non-hydrogen) atoms. The number of methoxy groups -OCH3 is 2. The standard InChI is InChI=1S/C22H26N2O3.C14H20N2O2.C6H4N2O.ClH/c1-16(25)24-12-9-22(18-3-5-21(27-2)6-4-18)19(15-24)14-20(26)13-17-7-10-23-11-8-17;1-10(17)16-8-7-13(14(15)9-16)11-3-5-12(18-2)6-4-11;9-5-8-6-1-3-7-4-2-6;/h3-8,10-11,19,22H,9,12-15H2,1-2H3;3-6,13-14H,7-9,15H2,1-2H3;1-4H;1H/t19-,22?;13-,14+;;/m10../s1. The van der Waals surface area contributed by atoms with E-state index in [0.717, 1.165) is 43.0 Å². The summed E-state index contributed by atoms with van der Waals surface area (Å²) in [4.78, 5) is 60.3. The number of piperidine rings is 2. The van der Waals surface area contributed by atoms with Crippen molar-refractivity contribution in [3.8, 4) is 11.5 Å². The third-order valence-electron chi connectivity index (χ3n) is 9.85. The van der Waals surface area contributed by atoms with Crippen LogP contribution in [0, 0.1) is 5.92 Å². The van der Waals surface area contributed by atoms with Crippen molar-refractivity contribution in [3.05, 3.63) is 114 Å². The van der Waals surface area contributed by atoms with Crippen molar-refractivity contribution >= 4 is 41.8 Å². The number of ketones is 1. The van der Waals surface area contributed by atoms with E-state index in [1.807, 2.05) is 46.2 Å². The molecule has 4 aromatic rings. The summed E-state index contributed by atoms with van der Waals surface area (Å²) < 4.78 is 10.4. The number of ether oxygens (including phenoxy) is 2. The van der Waals surface area contributed by atoms with E-state index in [9.17, 15) is 19.2 Å². The van der Waals surface area contributed by atoms with E-state index in [1.165, 1.54) is 17.2 Å². The molecular formula is C42H51ClN6O6. The smallest absolute Gasteiger partial charge is 0.240 e. The number of isocyanates is 1. The Morgan fingerprint density at radius 1 is 0.745 bits per heavy atom. The Hall–Kier alpha value is -5.42. The third kappa shape index (κ3) is 13.7. The van der Waals surface area contributed by atoms with E-state index in [2.05, 4.69) is 39.2 Å². The Kier molecular flexibility index (Phi) is 18.2. The molecule has 1 unspecified atom stereocenters. The van der Waals surface area contributed by atoms with E-state index < -0.39 is 0 Å². The van der Waals surface area contributed by atoms with Gasteiger partial charge in [0.05, 0.1) is 19.9 Å². The summed E-state index contributed by atoms with van der Waals surface area (Å²) in [5.74, 6) is 2.80. The van der Waals surface area contributed by atoms with Crippen LogP contribution in [0.4, 0.5) is 5.69 Å². The molecule has 13 heteroatoms. The van der Waals surface area contributed by atoms with Crippen molar-refractivity contribution in [3.63, 3.8) is 0 Å². The van der Waals surface area contributed by atoms with E-state index in [1.54, 1.807) is 65.0 Å². The highest BCUT2D eigenvalue weighted by molar-refractivity contribution is 5.85. The molecule has 0 radical (unpaired) electrons. The van der Waals surface area contributed by atoms with Gasteiger partial charge in [-0.05, 0) is 89.9 Å². The van der Waals surface area contributed by atoms with Gasteiger partial charge in [0.1, 0.15) is 17.3 Å². The molecule has 12 nitrogen and oxygen atoms in total. The highest BCUT2D eigenvalue weighted by Crippen LogP contribution is 2.36. The molecule has 2 aliphatic heterocycles. The zero-order valence-corrected chi connectivity index (χ0v) is 32.7. The molecule has 292 valence electrons. The fourth-order valence-corrected chi connectivity index (χ4v) is 6.91. The Balaban J connectivity index is 0.000000249. The lowest BCUT2D eigenvalue weighted by Gasteiger charge is -2.38. The van der Waals surface area contributed by atoms with Gasteiger partial charge in [0.2, 0.25) is 17.9 Å². The fourth-order valence-electron chi connectivity index (χ4n) is 6.91. The Morgan fingerprint density at radius 2 is 1.22 bits per heavy atom. The number of pyridine rings is 2. The predicted molar refractivity (Wildman–Crippen MR) is 214 cm³/mol. The van der Waals surface area contributed by atoms with Crippen molar-refractivity contribution in [2.45, 2.75) is 57.4 Å². The lowest BCUT2D eigenvalue weighted by molar-refractivity contribution is -0.132. The number of halogens is 1. The number of aromatic nitrogens is 2. The maximum atomic E-state index is 12.7. The van der Waals surface area contributed by atoms with Gasteiger partial charge in [0.15, 0.2) is 0 Å². The van der Waals surface area contributed by atoms with Gasteiger partial charge in [-0.15, -0.1) is 12.4 Å². The van der Waals surface area contributed by atoms with E-state index in [-0.39, 0.29) is 47.9 Å². The monoisotopic (exact) mass is 770 g/mol. The zero-order chi connectivity index (χ0) is 38.9. The van der Waals surface area contributed by atoms with Gasteiger partial charge >= 0.3 is 0 Å². The summed E-state index contributed by atoms with van der Waals surface area (Å²) in [6.45, 7) is 6.00. The van der Waals surface area contributed by atoms with E-state index in [4.69, 9.17) is 15.2 Å². The molecule has 0 aliphatic carbocycles. The number of Topliss-reactive ketones (excluding diaryl/α,β-unsaturated/α-hetero) is 1. The van der Waals surface area contributed by atoms with Crippen LogP contribution >= 0.6 is 12.4 Å². The summed E-state index contributed by atoms with van der Waals surface area (Å²) in [5.41, 5.74) is 10.2. The lowest BCUT2D eigenvalue weighted by atomic mass is 9.77. The number of aliphatic imine (C=N–C) groups is 1. The number of hydrogen-bond acceptors (Lipinski definition) is 10. The number of nitrogens with two attached hydrogens (primary N) is 1. The van der Waals surface area contributed by atoms with Crippen LogP contribution in [0.5, 0.6) is 11.5 Å². The minimum absolute atomic E-state index is 0. The van der Waals surface area contributed by atoms with Gasteiger partial charge in [-0.1, -0.05) is 24.3 Å². The summed E-state index contributed by atoms with van der Waals surface area (Å²) in [5, 5.41) is 0. The average molecular weight is 771 g/mol. The Labute approximate surface area is 329 Å². The highest BCUT2D eigenvalue weighted by atomic mass is 35.5. The molecule has 4 heterocycles. The van der Waals surface area contributed by atoms with Crippen LogP contribution in [0.25, 0.3) is 0 Å². The summed E-state index contributed by atoms with van der Waals surface area (Å²) in [7, 11) is 3.31. The molecule has 2 N–H and O–H groups in total. The molecule has 2 aromatic heterocycles. The first-order valence-corrected chi connectivity index (χ1v) is 18.0. The normalized spacial score (nSPS) is 18.7. The molecule has 2 aliphatic rings. The van der Waals surface area contributed by atoms with Gasteiger partial charge in [0, 0.05) is 89.6 Å². The SMILES string of the molecule is COc1ccc(C2CCN(C(C)=O)C[C@H]2CC(=O)Cc2ccncc2)cc1.COc1ccc([C@@H]2CCN(C(C)=O)C[C@H]2N)cc1.Cl.O=C=Nc1ccncc1. The van der Waals surface area contributed by atoms with Crippen LogP contribution in [0.1, 0.15) is 61.6 Å². The largest absolute Gasteiger partial charge is 0.497 e. The van der Waals surface area contributed by atoms with E-state index >= 15 is 0 Å². The van der Waals surface area contributed by atoms with Crippen LogP contribution < -0.4 is 15.2 Å². The number of rotatable bonds is 9. The minimum Gasteiger partial charge on any atom is -0.497 e. The van der Waals surface area contributed by atoms with Crippen molar-refractivity contribution in [2.75, 3.05) is 40.4 Å². The second kappa shape index (κ2) is 22.7. The molecule has 2 fully saturated rings. The first-order valence-electron chi connectivity index (χ1n) is 18.0. The van der Waals surface area contributed by atoms with Crippen molar-refractivity contribution in [1.29, 1.82) is 0 Å². The second-order valence-corrected chi connectivity index (χ2v) is 13.4. The van der Waals surface area contributed by atoms with Crippen molar-refractivity contribution in [1.82, 2.24) is 19.8 Å². The number of benzene rings is 2. The summed E-state index contributed by atoms with van der Waals surface area (Å²) >= 11 is 0. The molecule has 6 rings (SSSR count). The number of amides is 2. The number of hydrogen-bond donors (Lipinski definition) is 1. The molecule has 0 saturated carbocycles. The van der Waals surface area contributed by atoms with Gasteiger partial charge in [-0.2, -0.15) is 4.99 Å². The Morgan fingerprint density at radius 3 is 1.69 bits per heavy atom. The maximum absolute atomic E-state index is 12.7. The molecule has 0 spiro atoms. The number of likely N-dealkylation sites (tertiary alicyclic amines) is 2. The van der Waals surface area contributed by atoms with Crippen molar-refractivity contribution in [2.24, 2.45) is 16.6 Å².